The van der Waals surface area contributed by atoms with E-state index in [4.69, 9.17) is 9.57 Å². The Kier molecular flexibility index (Phi) is 5.52. The van der Waals surface area contributed by atoms with Crippen LogP contribution < -0.4 is 16.2 Å². The Morgan fingerprint density at radius 2 is 1.84 bits per heavy atom. The fourth-order valence-electron chi connectivity index (χ4n) is 6.65. The smallest absolute Gasteiger partial charge is 0.228 e. The van der Waals surface area contributed by atoms with Gasteiger partial charge in [0.1, 0.15) is 6.23 Å². The van der Waals surface area contributed by atoms with E-state index in [0.717, 1.165) is 70.9 Å². The van der Waals surface area contributed by atoms with Gasteiger partial charge in [-0.25, -0.2) is 5.01 Å². The topological polar surface area (TPSA) is 78.1 Å². The Morgan fingerprint density at radius 1 is 1.03 bits per heavy atom. The molecule has 1 amide bonds. The first kappa shape index (κ1) is 20.8. The number of fused-ring (bicyclic) bond motifs is 1. The van der Waals surface area contributed by atoms with Crippen LogP contribution in [0, 0.1) is 23.2 Å². The summed E-state index contributed by atoms with van der Waals surface area (Å²) < 4.78 is 5.65. The monoisotopic (exact) mass is 433 g/mol. The molecule has 6 atom stereocenters. The van der Waals surface area contributed by atoms with Gasteiger partial charge in [0, 0.05) is 43.6 Å². The molecule has 8 nitrogen and oxygen atoms in total. The van der Waals surface area contributed by atoms with E-state index in [9.17, 15) is 4.79 Å². The van der Waals surface area contributed by atoms with Crippen LogP contribution >= 0.6 is 0 Å². The van der Waals surface area contributed by atoms with Crippen molar-refractivity contribution in [2.75, 3.05) is 32.8 Å². The highest BCUT2D eigenvalue weighted by molar-refractivity contribution is 5.84. The van der Waals surface area contributed by atoms with Crippen LogP contribution in [0.15, 0.2) is 0 Å². The van der Waals surface area contributed by atoms with Crippen molar-refractivity contribution in [2.45, 2.75) is 82.8 Å². The minimum atomic E-state index is -0.0443. The third kappa shape index (κ3) is 3.93. The minimum Gasteiger partial charge on any atom is -0.380 e. The molecule has 6 fully saturated rings. The van der Waals surface area contributed by atoms with E-state index in [1.54, 1.807) is 0 Å². The van der Waals surface area contributed by atoms with Gasteiger partial charge in [-0.2, -0.15) is 5.48 Å². The first-order valence-corrected chi connectivity index (χ1v) is 12.7. The van der Waals surface area contributed by atoms with Gasteiger partial charge in [-0.15, -0.1) is 0 Å². The van der Waals surface area contributed by atoms with E-state index in [-0.39, 0.29) is 17.8 Å². The number of carbonyl (C=O) groups excluding carboxylic acids is 1. The average Bonchev–Trinajstić information content (AvgIpc) is 3.26. The molecule has 6 rings (SSSR count). The van der Waals surface area contributed by atoms with Crippen LogP contribution in [0.3, 0.4) is 0 Å². The highest BCUT2D eigenvalue weighted by Crippen LogP contribution is 2.47. The van der Waals surface area contributed by atoms with Crippen LogP contribution in [0.1, 0.15) is 58.3 Å². The van der Waals surface area contributed by atoms with Crippen LogP contribution in [-0.2, 0) is 14.4 Å². The summed E-state index contributed by atoms with van der Waals surface area (Å²) in [6.07, 6.45) is 9.38. The Labute approximate surface area is 185 Å². The van der Waals surface area contributed by atoms with E-state index in [0.29, 0.717) is 29.8 Å². The maximum absolute atomic E-state index is 12.6. The number of rotatable bonds is 4. The van der Waals surface area contributed by atoms with Crippen molar-refractivity contribution >= 4 is 5.91 Å². The minimum absolute atomic E-state index is 0.0443. The van der Waals surface area contributed by atoms with Crippen molar-refractivity contribution in [2.24, 2.45) is 23.2 Å². The van der Waals surface area contributed by atoms with E-state index >= 15 is 0 Å². The Bertz CT molecular complexity index is 674. The van der Waals surface area contributed by atoms with Gasteiger partial charge < -0.3 is 9.64 Å². The standard InChI is InChI=1S/C23H39N5O3/c1-23(7-8-23)22(29)27-9-4-15(5-10-27)20-25-21(31-26-20)16-2-3-17-13-24-28(19(17)12-16)18-6-11-30-14-18/h15-21,24-26H,2-14H2,1H3/t16?,17?,18-,19?,20?,21?/m0/s1. The second kappa shape index (κ2) is 8.22. The molecule has 3 N–H and O–H groups in total. The summed E-state index contributed by atoms with van der Waals surface area (Å²) in [6.45, 7) is 6.77. The van der Waals surface area contributed by atoms with Crippen LogP contribution in [0.2, 0.25) is 0 Å². The summed E-state index contributed by atoms with van der Waals surface area (Å²) in [5, 5.41) is 6.31. The van der Waals surface area contributed by atoms with Crippen molar-refractivity contribution in [1.82, 2.24) is 26.1 Å². The lowest BCUT2D eigenvalue weighted by Crippen LogP contribution is -2.51. The van der Waals surface area contributed by atoms with E-state index in [1.165, 1.54) is 19.3 Å². The molecule has 0 radical (unpaired) electrons. The number of hydroxylamine groups is 1. The number of hydrazine groups is 1. The van der Waals surface area contributed by atoms with Crippen molar-refractivity contribution in [3.63, 3.8) is 0 Å². The molecule has 31 heavy (non-hydrogen) atoms. The Balaban J connectivity index is 1.01. The molecular formula is C23H39N5O3. The molecular weight excluding hydrogens is 394 g/mol. The summed E-state index contributed by atoms with van der Waals surface area (Å²) in [7, 11) is 0. The van der Waals surface area contributed by atoms with Gasteiger partial charge in [-0.3, -0.25) is 20.4 Å². The lowest BCUT2D eigenvalue weighted by atomic mass is 9.77. The molecule has 5 unspecified atom stereocenters. The number of hydrogen-bond acceptors (Lipinski definition) is 7. The predicted octanol–water partition coefficient (Wildman–Crippen LogP) is 1.20. The molecule has 4 saturated heterocycles. The molecule has 4 aliphatic heterocycles. The first-order valence-electron chi connectivity index (χ1n) is 12.7. The highest BCUT2D eigenvalue weighted by Gasteiger charge is 2.49. The van der Waals surface area contributed by atoms with Gasteiger partial charge in [0.05, 0.1) is 18.8 Å². The van der Waals surface area contributed by atoms with Gasteiger partial charge in [-0.05, 0) is 63.2 Å². The lowest BCUT2D eigenvalue weighted by Gasteiger charge is -2.39. The molecule has 0 bridgehead atoms. The van der Waals surface area contributed by atoms with Gasteiger partial charge in [0.25, 0.3) is 0 Å². The Hall–Kier alpha value is -0.770. The van der Waals surface area contributed by atoms with Crippen LogP contribution in [0.25, 0.3) is 0 Å². The molecule has 4 heterocycles. The van der Waals surface area contributed by atoms with E-state index < -0.39 is 0 Å². The summed E-state index contributed by atoms with van der Waals surface area (Å²) in [5.41, 5.74) is 6.96. The number of amides is 1. The van der Waals surface area contributed by atoms with Gasteiger partial charge in [0.15, 0.2) is 0 Å². The van der Waals surface area contributed by atoms with E-state index in [1.807, 2.05) is 0 Å². The number of nitrogens with zero attached hydrogens (tertiary/aromatic N) is 2. The number of hydrogen-bond donors (Lipinski definition) is 3. The van der Waals surface area contributed by atoms with Crippen molar-refractivity contribution in [3.05, 3.63) is 0 Å². The fourth-order valence-corrected chi connectivity index (χ4v) is 6.65. The maximum atomic E-state index is 12.6. The zero-order valence-electron chi connectivity index (χ0n) is 18.9. The van der Waals surface area contributed by atoms with Gasteiger partial charge in [0.2, 0.25) is 5.91 Å². The molecule has 2 saturated carbocycles. The molecule has 8 heteroatoms. The van der Waals surface area contributed by atoms with Gasteiger partial charge >= 0.3 is 0 Å². The number of piperidine rings is 1. The summed E-state index contributed by atoms with van der Waals surface area (Å²) in [4.78, 5) is 20.8. The summed E-state index contributed by atoms with van der Waals surface area (Å²) in [5.74, 6) is 2.21. The third-order valence-corrected chi connectivity index (χ3v) is 9.10. The molecule has 0 aromatic heterocycles. The molecule has 2 aliphatic carbocycles. The molecule has 0 aromatic carbocycles. The second-order valence-electron chi connectivity index (χ2n) is 11.2. The molecule has 0 spiro atoms. The van der Waals surface area contributed by atoms with Crippen molar-refractivity contribution in [3.8, 4) is 0 Å². The largest absolute Gasteiger partial charge is 0.380 e. The van der Waals surface area contributed by atoms with Crippen LogP contribution in [0.4, 0.5) is 0 Å². The SMILES string of the molecule is CC1(C(=O)N2CCC(C3NOC(C4CCC5CNN([C@H]6CCOC6)C5C4)N3)CC2)CC1. The van der Waals surface area contributed by atoms with Crippen LogP contribution in [-0.4, -0.2) is 73.1 Å². The zero-order chi connectivity index (χ0) is 21.0. The third-order valence-electron chi connectivity index (χ3n) is 9.10. The zero-order valence-corrected chi connectivity index (χ0v) is 18.9. The fraction of sp³-hybridized carbons (Fsp3) is 0.957. The molecule has 0 aromatic rings. The van der Waals surface area contributed by atoms with Crippen molar-refractivity contribution in [1.29, 1.82) is 0 Å². The highest BCUT2D eigenvalue weighted by atomic mass is 16.7. The average molecular weight is 434 g/mol. The lowest BCUT2D eigenvalue weighted by molar-refractivity contribution is -0.138. The van der Waals surface area contributed by atoms with Crippen LogP contribution in [0.5, 0.6) is 0 Å². The first-order chi connectivity index (χ1) is 15.1. The quantitative estimate of drug-likeness (QED) is 0.615. The Morgan fingerprint density at radius 3 is 2.58 bits per heavy atom. The molecule has 174 valence electrons. The normalized spacial score (nSPS) is 43.3. The number of ether oxygens (including phenoxy) is 1. The summed E-state index contributed by atoms with van der Waals surface area (Å²) >= 11 is 0. The number of nitrogens with one attached hydrogen (secondary N) is 3. The van der Waals surface area contributed by atoms with Gasteiger partial charge in [-0.1, -0.05) is 6.92 Å². The maximum Gasteiger partial charge on any atom is 0.228 e. The van der Waals surface area contributed by atoms with Crippen molar-refractivity contribution < 1.29 is 14.4 Å². The summed E-state index contributed by atoms with van der Waals surface area (Å²) in [6, 6.07) is 1.14. The second-order valence-corrected chi connectivity index (χ2v) is 11.2. The number of likely N-dealkylation sites (tertiary alicyclic amines) is 1. The predicted molar refractivity (Wildman–Crippen MR) is 115 cm³/mol. The molecule has 6 aliphatic rings. The number of carbonyl (C=O) groups is 1. The van der Waals surface area contributed by atoms with E-state index in [2.05, 4.69) is 33.1 Å².